The summed E-state index contributed by atoms with van der Waals surface area (Å²) < 4.78 is 0. The van der Waals surface area contributed by atoms with E-state index in [1.54, 1.807) is 0 Å². The molecule has 1 fully saturated rings. The Bertz CT molecular complexity index is 188. The third kappa shape index (κ3) is 5.88. The Kier molecular flexibility index (Phi) is 7.91. The lowest BCUT2D eigenvalue weighted by Crippen LogP contribution is -2.31. The highest BCUT2D eigenvalue weighted by Gasteiger charge is 2.18. The molecule has 1 amide bonds. The molecule has 2 nitrogen and oxygen atoms in total. The molecule has 0 spiro atoms. The van der Waals surface area contributed by atoms with Crippen LogP contribution in [0, 0.1) is 5.92 Å². The number of alkyl halides is 1. The molecule has 0 heterocycles. The van der Waals surface area contributed by atoms with Gasteiger partial charge in [-0.1, -0.05) is 48.0 Å². The van der Waals surface area contributed by atoms with Crippen molar-refractivity contribution in [3.8, 4) is 0 Å². The van der Waals surface area contributed by atoms with Crippen LogP contribution < -0.4 is 5.32 Å². The maximum Gasteiger partial charge on any atom is 0.223 e. The fraction of sp³-hybridized carbons (Fsp3) is 0.923. The summed E-state index contributed by atoms with van der Waals surface area (Å²) in [5, 5.41) is 4.11. The molecule has 1 rings (SSSR count). The maximum absolute atomic E-state index is 11.9. The van der Waals surface area contributed by atoms with Crippen molar-refractivity contribution in [1.29, 1.82) is 0 Å². The number of unbranched alkanes of at least 4 members (excludes halogenated alkanes) is 1. The lowest BCUT2D eigenvalue weighted by Gasteiger charge is -2.19. The first-order chi connectivity index (χ1) is 7.84. The van der Waals surface area contributed by atoms with Crippen molar-refractivity contribution >= 4 is 21.8 Å². The quantitative estimate of drug-likeness (QED) is 0.608. The van der Waals surface area contributed by atoms with E-state index in [0.717, 1.165) is 37.6 Å². The summed E-state index contributed by atoms with van der Waals surface area (Å²) in [5.41, 5.74) is 0. The second-order valence-electron chi connectivity index (χ2n) is 4.73. The predicted molar refractivity (Wildman–Crippen MR) is 71.8 cm³/mol. The molecule has 0 saturated heterocycles. The summed E-state index contributed by atoms with van der Waals surface area (Å²) >= 11 is 3.40. The minimum absolute atomic E-state index is 0.296. The van der Waals surface area contributed by atoms with Crippen LogP contribution in [0.4, 0.5) is 0 Å². The van der Waals surface area contributed by atoms with Gasteiger partial charge in [0, 0.05) is 17.8 Å². The third-order valence-corrected chi connectivity index (χ3v) is 3.90. The number of carbonyl (C=O) groups excluding carboxylic acids is 1. The van der Waals surface area contributed by atoms with E-state index in [9.17, 15) is 4.79 Å². The molecular weight excluding hydrogens is 266 g/mol. The van der Waals surface area contributed by atoms with Crippen LogP contribution in [0.15, 0.2) is 0 Å². The van der Waals surface area contributed by atoms with Gasteiger partial charge in [0.15, 0.2) is 0 Å². The minimum Gasteiger partial charge on any atom is -0.356 e. The summed E-state index contributed by atoms with van der Waals surface area (Å²) in [6, 6.07) is 0. The molecule has 1 N–H and O–H groups in total. The van der Waals surface area contributed by atoms with Crippen molar-refractivity contribution in [1.82, 2.24) is 5.32 Å². The molecule has 0 unspecified atom stereocenters. The molecule has 1 saturated carbocycles. The van der Waals surface area contributed by atoms with Crippen molar-refractivity contribution in [2.24, 2.45) is 5.92 Å². The molecule has 1 aliphatic carbocycles. The summed E-state index contributed by atoms with van der Waals surface area (Å²) in [6.07, 6.45) is 10.9. The van der Waals surface area contributed by atoms with E-state index >= 15 is 0 Å². The van der Waals surface area contributed by atoms with Gasteiger partial charge in [0.05, 0.1) is 0 Å². The van der Waals surface area contributed by atoms with Gasteiger partial charge in [0.25, 0.3) is 0 Å². The Morgan fingerprint density at radius 3 is 2.31 bits per heavy atom. The van der Waals surface area contributed by atoms with Gasteiger partial charge in [-0.2, -0.15) is 0 Å². The van der Waals surface area contributed by atoms with Gasteiger partial charge in [-0.05, 0) is 25.7 Å². The van der Waals surface area contributed by atoms with Crippen molar-refractivity contribution in [3.63, 3.8) is 0 Å². The van der Waals surface area contributed by atoms with E-state index in [1.807, 2.05) is 0 Å². The Balaban J connectivity index is 2.17. The Morgan fingerprint density at radius 2 is 1.69 bits per heavy atom. The van der Waals surface area contributed by atoms with Crippen LogP contribution in [0.2, 0.25) is 0 Å². The summed E-state index contributed by atoms with van der Waals surface area (Å²) in [4.78, 5) is 11.9. The first kappa shape index (κ1) is 14.0. The lowest BCUT2D eigenvalue weighted by molar-refractivity contribution is -0.125. The van der Waals surface area contributed by atoms with E-state index < -0.39 is 0 Å². The Labute approximate surface area is 108 Å². The van der Waals surface area contributed by atoms with Crippen LogP contribution in [0.1, 0.15) is 57.8 Å². The second-order valence-corrected chi connectivity index (χ2v) is 5.52. The highest BCUT2D eigenvalue weighted by Crippen LogP contribution is 2.22. The van der Waals surface area contributed by atoms with Crippen LogP contribution >= 0.6 is 15.9 Å². The summed E-state index contributed by atoms with van der Waals surface area (Å²) in [7, 11) is 0. The molecule has 0 bridgehead atoms. The zero-order chi connectivity index (χ0) is 11.6. The van der Waals surface area contributed by atoms with E-state index in [-0.39, 0.29) is 0 Å². The number of nitrogens with one attached hydrogen (secondary N) is 1. The van der Waals surface area contributed by atoms with E-state index in [4.69, 9.17) is 0 Å². The zero-order valence-corrected chi connectivity index (χ0v) is 11.7. The fourth-order valence-electron chi connectivity index (χ4n) is 2.29. The first-order valence-corrected chi connectivity index (χ1v) is 7.80. The topological polar surface area (TPSA) is 29.1 Å². The van der Waals surface area contributed by atoms with Gasteiger partial charge in [0.1, 0.15) is 0 Å². The molecule has 0 aromatic carbocycles. The standard InChI is InChI=1S/C13H24BrNO/c14-10-6-7-11-15-13(16)12-8-4-2-1-3-5-9-12/h12H,1-11H2,(H,15,16). The number of hydrogen-bond acceptors (Lipinski definition) is 1. The Morgan fingerprint density at radius 1 is 1.06 bits per heavy atom. The lowest BCUT2D eigenvalue weighted by atomic mass is 9.90. The van der Waals surface area contributed by atoms with E-state index in [0.29, 0.717) is 11.8 Å². The normalized spacial score (nSPS) is 18.8. The molecule has 0 radical (unpaired) electrons. The predicted octanol–water partition coefficient (Wildman–Crippen LogP) is 3.64. The molecule has 16 heavy (non-hydrogen) atoms. The summed E-state index contributed by atoms with van der Waals surface area (Å²) in [6.45, 7) is 0.848. The van der Waals surface area contributed by atoms with Gasteiger partial charge < -0.3 is 5.32 Å². The highest BCUT2D eigenvalue weighted by molar-refractivity contribution is 9.09. The van der Waals surface area contributed by atoms with Gasteiger partial charge >= 0.3 is 0 Å². The van der Waals surface area contributed by atoms with Crippen LogP contribution in [0.25, 0.3) is 0 Å². The number of rotatable bonds is 5. The van der Waals surface area contributed by atoms with Gasteiger partial charge in [-0.25, -0.2) is 0 Å². The van der Waals surface area contributed by atoms with Crippen molar-refractivity contribution in [2.75, 3.05) is 11.9 Å². The molecule has 0 aromatic heterocycles. The molecule has 3 heteroatoms. The monoisotopic (exact) mass is 289 g/mol. The largest absolute Gasteiger partial charge is 0.356 e. The smallest absolute Gasteiger partial charge is 0.223 e. The van der Waals surface area contributed by atoms with Gasteiger partial charge in [0.2, 0.25) is 5.91 Å². The van der Waals surface area contributed by atoms with Gasteiger partial charge in [-0.3, -0.25) is 4.79 Å². The van der Waals surface area contributed by atoms with Crippen LogP contribution in [0.5, 0.6) is 0 Å². The molecule has 0 aromatic rings. The number of halogens is 1. The Hall–Kier alpha value is -0.0500. The maximum atomic E-state index is 11.9. The highest BCUT2D eigenvalue weighted by atomic mass is 79.9. The SMILES string of the molecule is O=C(NCCCCBr)C1CCCCCCC1. The average Bonchev–Trinajstić information content (AvgIpc) is 2.23. The first-order valence-electron chi connectivity index (χ1n) is 6.68. The van der Waals surface area contributed by atoms with Crippen molar-refractivity contribution < 1.29 is 4.79 Å². The average molecular weight is 290 g/mol. The van der Waals surface area contributed by atoms with Crippen LogP contribution in [-0.2, 0) is 4.79 Å². The van der Waals surface area contributed by atoms with E-state index in [2.05, 4.69) is 21.2 Å². The van der Waals surface area contributed by atoms with Crippen LogP contribution in [0.3, 0.4) is 0 Å². The second kappa shape index (κ2) is 9.03. The number of hydrogen-bond donors (Lipinski definition) is 1. The number of carbonyl (C=O) groups is 1. The van der Waals surface area contributed by atoms with Crippen molar-refractivity contribution in [2.45, 2.75) is 57.8 Å². The third-order valence-electron chi connectivity index (χ3n) is 3.34. The number of amides is 1. The minimum atomic E-state index is 0.296. The van der Waals surface area contributed by atoms with E-state index in [1.165, 1.54) is 32.1 Å². The molecule has 1 aliphatic rings. The molecular formula is C13H24BrNO. The van der Waals surface area contributed by atoms with Crippen molar-refractivity contribution in [3.05, 3.63) is 0 Å². The summed E-state index contributed by atoms with van der Waals surface area (Å²) in [5.74, 6) is 0.598. The molecule has 0 aliphatic heterocycles. The molecule has 94 valence electrons. The fourth-order valence-corrected chi connectivity index (χ4v) is 2.69. The van der Waals surface area contributed by atoms with Gasteiger partial charge in [-0.15, -0.1) is 0 Å². The zero-order valence-electron chi connectivity index (χ0n) is 10.1. The molecule has 0 atom stereocenters. The van der Waals surface area contributed by atoms with Crippen LogP contribution in [-0.4, -0.2) is 17.8 Å².